The molecule has 2 aromatic carbocycles. The van der Waals surface area contributed by atoms with Crippen molar-refractivity contribution in [3.05, 3.63) is 82.6 Å². The minimum absolute atomic E-state index is 0.277. The third-order valence-corrected chi connectivity index (χ3v) is 5.34. The Morgan fingerprint density at radius 2 is 1.93 bits per heavy atom. The van der Waals surface area contributed by atoms with Gasteiger partial charge in [-0.15, -0.1) is 16.8 Å². The van der Waals surface area contributed by atoms with Crippen LogP contribution in [-0.4, -0.2) is 14.8 Å². The number of thioether (sulfide) groups is 1. The van der Waals surface area contributed by atoms with Gasteiger partial charge in [0.15, 0.2) is 17.1 Å². The van der Waals surface area contributed by atoms with Crippen LogP contribution in [0, 0.1) is 0 Å². The molecule has 1 aromatic heterocycles. The van der Waals surface area contributed by atoms with Gasteiger partial charge in [-0.1, -0.05) is 59.2 Å². The zero-order chi connectivity index (χ0) is 19.2. The highest BCUT2D eigenvalue weighted by Gasteiger charge is 2.19. The molecule has 0 spiro atoms. The topological polar surface area (TPSA) is 39.9 Å². The standard InChI is InChI=1S/C20H19Cl2N3OS/c1-3-11-25-19(14(2)26-18-6-4-5-17(22)12-18)23-24-20(25)27-13-15-7-9-16(21)10-8-15/h3-10,12,14H,1,11,13H2,2H3. The van der Waals surface area contributed by atoms with E-state index in [1.807, 2.05) is 60.0 Å². The molecule has 140 valence electrons. The van der Waals surface area contributed by atoms with Crippen LogP contribution in [0.1, 0.15) is 24.4 Å². The molecule has 4 nitrogen and oxygen atoms in total. The van der Waals surface area contributed by atoms with E-state index >= 15 is 0 Å². The average molecular weight is 420 g/mol. The van der Waals surface area contributed by atoms with Crippen LogP contribution in [0.4, 0.5) is 0 Å². The first-order chi connectivity index (χ1) is 13.1. The summed E-state index contributed by atoms with van der Waals surface area (Å²) in [7, 11) is 0. The van der Waals surface area contributed by atoms with Gasteiger partial charge in [-0.25, -0.2) is 0 Å². The number of benzene rings is 2. The molecular weight excluding hydrogens is 401 g/mol. The minimum Gasteiger partial charge on any atom is -0.483 e. The van der Waals surface area contributed by atoms with Gasteiger partial charge in [0, 0.05) is 22.3 Å². The summed E-state index contributed by atoms with van der Waals surface area (Å²) in [6, 6.07) is 15.1. The molecule has 0 saturated heterocycles. The second kappa shape index (κ2) is 9.31. The Morgan fingerprint density at radius 3 is 2.63 bits per heavy atom. The highest BCUT2D eigenvalue weighted by Crippen LogP contribution is 2.28. The van der Waals surface area contributed by atoms with Gasteiger partial charge in [0.05, 0.1) is 0 Å². The van der Waals surface area contributed by atoms with Crippen LogP contribution in [0.3, 0.4) is 0 Å². The number of ether oxygens (including phenoxy) is 1. The highest BCUT2D eigenvalue weighted by atomic mass is 35.5. The van der Waals surface area contributed by atoms with Gasteiger partial charge >= 0.3 is 0 Å². The van der Waals surface area contributed by atoms with Crippen LogP contribution in [0.25, 0.3) is 0 Å². The Labute approximate surface area is 173 Å². The van der Waals surface area contributed by atoms with E-state index in [-0.39, 0.29) is 6.10 Å². The van der Waals surface area contributed by atoms with Crippen molar-refractivity contribution in [3.63, 3.8) is 0 Å². The lowest BCUT2D eigenvalue weighted by atomic mass is 10.2. The molecule has 0 saturated carbocycles. The molecule has 1 atom stereocenters. The van der Waals surface area contributed by atoms with E-state index in [1.165, 1.54) is 5.56 Å². The van der Waals surface area contributed by atoms with E-state index in [9.17, 15) is 0 Å². The molecule has 0 fully saturated rings. The quantitative estimate of drug-likeness (QED) is 0.321. The summed E-state index contributed by atoms with van der Waals surface area (Å²) in [5.41, 5.74) is 1.17. The number of halogens is 2. The SMILES string of the molecule is C=CCn1c(SCc2ccc(Cl)cc2)nnc1C(C)Oc1cccc(Cl)c1. The molecule has 27 heavy (non-hydrogen) atoms. The van der Waals surface area contributed by atoms with E-state index < -0.39 is 0 Å². The van der Waals surface area contributed by atoms with Crippen molar-refractivity contribution < 1.29 is 4.74 Å². The molecule has 0 aliphatic rings. The molecule has 3 aromatic rings. The largest absolute Gasteiger partial charge is 0.483 e. The minimum atomic E-state index is -0.277. The first kappa shape index (κ1) is 19.8. The van der Waals surface area contributed by atoms with Crippen molar-refractivity contribution >= 4 is 35.0 Å². The second-order valence-corrected chi connectivity index (χ2v) is 7.69. The molecule has 0 bridgehead atoms. The Bertz CT molecular complexity index is 912. The van der Waals surface area contributed by atoms with Crippen molar-refractivity contribution in [1.82, 2.24) is 14.8 Å². The summed E-state index contributed by atoms with van der Waals surface area (Å²) < 4.78 is 8.01. The van der Waals surface area contributed by atoms with Crippen LogP contribution >= 0.6 is 35.0 Å². The number of hydrogen-bond acceptors (Lipinski definition) is 4. The fourth-order valence-electron chi connectivity index (χ4n) is 2.53. The summed E-state index contributed by atoms with van der Waals surface area (Å²) in [6.07, 6.45) is 1.55. The van der Waals surface area contributed by atoms with Gasteiger partial charge < -0.3 is 4.74 Å². The zero-order valence-electron chi connectivity index (χ0n) is 14.8. The first-order valence-corrected chi connectivity index (χ1v) is 10.1. The average Bonchev–Trinajstić information content (AvgIpc) is 3.04. The Balaban J connectivity index is 1.75. The number of hydrogen-bond donors (Lipinski definition) is 0. The van der Waals surface area contributed by atoms with Crippen molar-refractivity contribution in [2.75, 3.05) is 0 Å². The van der Waals surface area contributed by atoms with E-state index in [4.69, 9.17) is 27.9 Å². The molecule has 0 aliphatic carbocycles. The molecule has 1 heterocycles. The summed E-state index contributed by atoms with van der Waals surface area (Å²) >= 11 is 13.6. The lowest BCUT2D eigenvalue weighted by Crippen LogP contribution is -2.12. The van der Waals surface area contributed by atoms with Gasteiger partial charge in [0.25, 0.3) is 0 Å². The van der Waals surface area contributed by atoms with Crippen molar-refractivity contribution in [2.45, 2.75) is 30.5 Å². The van der Waals surface area contributed by atoms with Crippen LogP contribution in [-0.2, 0) is 12.3 Å². The molecule has 0 radical (unpaired) electrons. The molecule has 0 aliphatic heterocycles. The van der Waals surface area contributed by atoms with E-state index in [0.29, 0.717) is 17.3 Å². The number of allylic oxidation sites excluding steroid dienone is 1. The molecule has 7 heteroatoms. The van der Waals surface area contributed by atoms with E-state index in [0.717, 1.165) is 21.8 Å². The van der Waals surface area contributed by atoms with Gasteiger partial charge in [0.2, 0.25) is 0 Å². The number of nitrogens with zero attached hydrogens (tertiary/aromatic N) is 3. The lowest BCUT2D eigenvalue weighted by molar-refractivity contribution is 0.210. The maximum absolute atomic E-state index is 6.03. The van der Waals surface area contributed by atoms with Gasteiger partial charge in [-0.2, -0.15) is 0 Å². The summed E-state index contributed by atoms with van der Waals surface area (Å²) in [6.45, 7) is 6.39. The fourth-order valence-corrected chi connectivity index (χ4v) is 3.75. The molecular formula is C20H19Cl2N3OS. The summed E-state index contributed by atoms with van der Waals surface area (Å²) in [4.78, 5) is 0. The maximum atomic E-state index is 6.03. The molecule has 3 rings (SSSR count). The zero-order valence-corrected chi connectivity index (χ0v) is 17.1. The van der Waals surface area contributed by atoms with E-state index in [2.05, 4.69) is 16.8 Å². The van der Waals surface area contributed by atoms with Gasteiger partial charge in [-0.3, -0.25) is 4.57 Å². The fraction of sp³-hybridized carbons (Fsp3) is 0.200. The Morgan fingerprint density at radius 1 is 1.15 bits per heavy atom. The third-order valence-electron chi connectivity index (χ3n) is 3.81. The molecule has 0 amide bonds. The normalized spacial score (nSPS) is 12.0. The predicted octanol–water partition coefficient (Wildman–Crippen LogP) is 6.20. The lowest BCUT2D eigenvalue weighted by Gasteiger charge is -2.16. The number of aromatic nitrogens is 3. The maximum Gasteiger partial charge on any atom is 0.191 e. The van der Waals surface area contributed by atoms with Crippen LogP contribution in [0.15, 0.2) is 66.3 Å². The summed E-state index contributed by atoms with van der Waals surface area (Å²) in [5.74, 6) is 2.21. The molecule has 1 unspecified atom stereocenters. The smallest absolute Gasteiger partial charge is 0.191 e. The van der Waals surface area contributed by atoms with E-state index in [1.54, 1.807) is 17.8 Å². The van der Waals surface area contributed by atoms with Crippen LogP contribution < -0.4 is 4.74 Å². The number of rotatable bonds is 8. The Hall–Kier alpha value is -1.95. The van der Waals surface area contributed by atoms with Crippen LogP contribution in [0.2, 0.25) is 10.0 Å². The monoisotopic (exact) mass is 419 g/mol. The molecule has 0 N–H and O–H groups in total. The first-order valence-electron chi connectivity index (χ1n) is 8.40. The van der Waals surface area contributed by atoms with Gasteiger partial charge in [0.1, 0.15) is 5.75 Å². The second-order valence-electron chi connectivity index (χ2n) is 5.87. The van der Waals surface area contributed by atoms with Crippen molar-refractivity contribution in [3.8, 4) is 5.75 Å². The van der Waals surface area contributed by atoms with Crippen molar-refractivity contribution in [2.24, 2.45) is 0 Å². The predicted molar refractivity (Wildman–Crippen MR) is 112 cm³/mol. The van der Waals surface area contributed by atoms with Crippen LogP contribution in [0.5, 0.6) is 5.75 Å². The van der Waals surface area contributed by atoms with Gasteiger partial charge in [-0.05, 0) is 42.8 Å². The highest BCUT2D eigenvalue weighted by molar-refractivity contribution is 7.98. The summed E-state index contributed by atoms with van der Waals surface area (Å²) in [5, 5.41) is 10.9. The van der Waals surface area contributed by atoms with Crippen molar-refractivity contribution in [1.29, 1.82) is 0 Å². The third kappa shape index (κ3) is 5.28. The Kier molecular flexibility index (Phi) is 6.83.